The van der Waals surface area contributed by atoms with Crippen molar-refractivity contribution in [1.29, 1.82) is 0 Å². The summed E-state index contributed by atoms with van der Waals surface area (Å²) in [4.78, 5) is 13.9. The first kappa shape index (κ1) is 20.4. The predicted octanol–water partition coefficient (Wildman–Crippen LogP) is 0.0745. The molecule has 1 amide bonds. The third kappa shape index (κ3) is 4.76. The smallest absolute Gasteiger partial charge is 0.294 e. The molecule has 0 spiro atoms. The van der Waals surface area contributed by atoms with E-state index in [4.69, 9.17) is 17.3 Å². The average Bonchev–Trinajstić information content (AvgIpc) is 3.31. The van der Waals surface area contributed by atoms with Crippen LogP contribution in [0.15, 0.2) is 34.0 Å². The number of nitrogens with zero attached hydrogens (tertiary/aromatic N) is 6. The lowest BCUT2D eigenvalue weighted by Crippen LogP contribution is -3.10. The maximum absolute atomic E-state index is 12.7. The van der Waals surface area contributed by atoms with Gasteiger partial charge in [-0.1, -0.05) is 28.9 Å². The molecule has 3 aromatic rings. The maximum Gasteiger partial charge on any atom is 0.294 e. The van der Waals surface area contributed by atoms with Gasteiger partial charge in [0.15, 0.2) is 5.69 Å². The number of hydrogen-bond donors (Lipinski definition) is 3. The van der Waals surface area contributed by atoms with Crippen LogP contribution in [0.4, 0.5) is 5.82 Å². The minimum absolute atomic E-state index is 0.0524. The molecule has 0 saturated carbocycles. The second-order valence-corrected chi connectivity index (χ2v) is 6.59. The van der Waals surface area contributed by atoms with Gasteiger partial charge in [-0.15, -0.1) is 5.10 Å². The van der Waals surface area contributed by atoms with Crippen molar-refractivity contribution < 1.29 is 14.3 Å². The third-order valence-corrected chi connectivity index (χ3v) is 4.56. The lowest BCUT2D eigenvalue weighted by Gasteiger charge is -2.15. The molecule has 1 aromatic carbocycles. The molecule has 152 valence electrons. The SMILES string of the molecule is CC[NH+](CC)Cc1c(C(=O)NN=Cc2cccc(Cl)c2)nnn1-c1nonc1N. The molecule has 0 atom stereocenters. The summed E-state index contributed by atoms with van der Waals surface area (Å²) in [6, 6.07) is 7.08. The van der Waals surface area contributed by atoms with Crippen LogP contribution in [-0.2, 0) is 6.54 Å². The highest BCUT2D eigenvalue weighted by atomic mass is 35.5. The molecule has 2 heterocycles. The van der Waals surface area contributed by atoms with Gasteiger partial charge >= 0.3 is 0 Å². The van der Waals surface area contributed by atoms with Gasteiger partial charge in [0.1, 0.15) is 12.2 Å². The molecule has 0 aliphatic carbocycles. The van der Waals surface area contributed by atoms with Crippen molar-refractivity contribution in [3.63, 3.8) is 0 Å². The number of aromatic nitrogens is 5. The van der Waals surface area contributed by atoms with Crippen molar-refractivity contribution in [2.24, 2.45) is 5.10 Å². The van der Waals surface area contributed by atoms with E-state index >= 15 is 0 Å². The van der Waals surface area contributed by atoms with Crippen molar-refractivity contribution in [3.05, 3.63) is 46.2 Å². The number of anilines is 1. The lowest BCUT2D eigenvalue weighted by molar-refractivity contribution is -0.910. The fraction of sp³-hybridized carbons (Fsp3) is 0.294. The van der Waals surface area contributed by atoms with Crippen LogP contribution in [-0.4, -0.2) is 50.5 Å². The Bertz CT molecular complexity index is 1010. The van der Waals surface area contributed by atoms with E-state index in [2.05, 4.69) is 35.8 Å². The van der Waals surface area contributed by atoms with Crippen LogP contribution in [0.2, 0.25) is 5.02 Å². The summed E-state index contributed by atoms with van der Waals surface area (Å²) in [6.45, 7) is 6.28. The number of carbonyl (C=O) groups is 1. The lowest BCUT2D eigenvalue weighted by atomic mass is 10.2. The van der Waals surface area contributed by atoms with Gasteiger partial charge in [-0.05, 0) is 41.9 Å². The molecule has 4 N–H and O–H groups in total. The number of amides is 1. The Kier molecular flexibility index (Phi) is 6.52. The van der Waals surface area contributed by atoms with Crippen molar-refractivity contribution in [2.45, 2.75) is 20.4 Å². The number of nitrogen functional groups attached to an aromatic ring is 1. The molecule has 0 aliphatic rings. The number of nitrogens with one attached hydrogen (secondary N) is 2. The topological polar surface area (TPSA) is 142 Å². The number of quaternary nitrogens is 1. The van der Waals surface area contributed by atoms with Crippen LogP contribution >= 0.6 is 11.6 Å². The number of carbonyl (C=O) groups excluding carboxylic acids is 1. The minimum Gasteiger partial charge on any atom is -0.378 e. The van der Waals surface area contributed by atoms with Gasteiger partial charge < -0.3 is 10.6 Å². The summed E-state index contributed by atoms with van der Waals surface area (Å²) < 4.78 is 6.02. The van der Waals surface area contributed by atoms with Crippen molar-refractivity contribution in [3.8, 4) is 5.82 Å². The van der Waals surface area contributed by atoms with Crippen LogP contribution in [0.5, 0.6) is 0 Å². The molecule has 3 rings (SSSR count). The number of rotatable bonds is 8. The van der Waals surface area contributed by atoms with Gasteiger partial charge in [-0.25, -0.2) is 10.1 Å². The molecule has 29 heavy (non-hydrogen) atoms. The van der Waals surface area contributed by atoms with Gasteiger partial charge in [0.2, 0.25) is 11.6 Å². The first-order valence-corrected chi connectivity index (χ1v) is 9.36. The zero-order valence-electron chi connectivity index (χ0n) is 16.0. The summed E-state index contributed by atoms with van der Waals surface area (Å²) >= 11 is 5.94. The molecular weight excluding hydrogens is 398 g/mol. The molecule has 0 bridgehead atoms. The van der Waals surface area contributed by atoms with E-state index in [1.165, 1.54) is 15.8 Å². The molecule has 12 heteroatoms. The molecule has 0 unspecified atom stereocenters. The van der Waals surface area contributed by atoms with Crippen molar-refractivity contribution in [1.82, 2.24) is 30.7 Å². The molecule has 0 aliphatic heterocycles. The van der Waals surface area contributed by atoms with E-state index in [1.807, 2.05) is 19.9 Å². The molecule has 0 fully saturated rings. The Morgan fingerprint density at radius 1 is 1.38 bits per heavy atom. The highest BCUT2D eigenvalue weighted by Gasteiger charge is 2.26. The van der Waals surface area contributed by atoms with E-state index in [1.54, 1.807) is 18.2 Å². The standard InChI is InChI=1S/C17H20ClN9O2/c1-3-26(4-2)10-13-14(21-25-27(13)16-15(19)23-29-24-16)17(28)22-20-9-11-6-5-7-12(18)8-11/h5-9H,3-4,10H2,1-2H3,(H2,19,23)(H,22,28)/p+1. The highest BCUT2D eigenvalue weighted by Crippen LogP contribution is 2.15. The van der Waals surface area contributed by atoms with Crippen LogP contribution in [0.1, 0.15) is 35.6 Å². The van der Waals surface area contributed by atoms with Crippen LogP contribution in [0, 0.1) is 0 Å². The molecule has 0 radical (unpaired) electrons. The Hall–Kier alpha value is -3.31. The average molecular weight is 419 g/mol. The first-order valence-electron chi connectivity index (χ1n) is 8.99. The third-order valence-electron chi connectivity index (χ3n) is 4.32. The largest absolute Gasteiger partial charge is 0.378 e. The van der Waals surface area contributed by atoms with Gasteiger partial charge in [-0.3, -0.25) is 4.79 Å². The van der Waals surface area contributed by atoms with Crippen LogP contribution in [0.25, 0.3) is 5.82 Å². The summed E-state index contributed by atoms with van der Waals surface area (Å²) in [5.74, 6) is -0.275. The summed E-state index contributed by atoms with van der Waals surface area (Å²) in [6.07, 6.45) is 1.49. The fourth-order valence-corrected chi connectivity index (χ4v) is 2.89. The number of nitrogens with two attached hydrogens (primary N) is 1. The summed E-state index contributed by atoms with van der Waals surface area (Å²) in [7, 11) is 0. The number of benzene rings is 1. The maximum atomic E-state index is 12.7. The monoisotopic (exact) mass is 418 g/mol. The number of halogens is 1. The Morgan fingerprint density at radius 3 is 2.83 bits per heavy atom. The van der Waals surface area contributed by atoms with Gasteiger partial charge in [0, 0.05) is 5.02 Å². The predicted molar refractivity (Wildman–Crippen MR) is 106 cm³/mol. The van der Waals surface area contributed by atoms with E-state index in [-0.39, 0.29) is 17.3 Å². The Balaban J connectivity index is 1.86. The Labute approximate surface area is 171 Å². The second kappa shape index (κ2) is 9.26. The van der Waals surface area contributed by atoms with Gasteiger partial charge in [0.05, 0.1) is 19.3 Å². The van der Waals surface area contributed by atoms with Crippen molar-refractivity contribution in [2.75, 3.05) is 18.8 Å². The summed E-state index contributed by atoms with van der Waals surface area (Å²) in [5, 5.41) is 19.9. The van der Waals surface area contributed by atoms with E-state index < -0.39 is 5.91 Å². The molecule has 11 nitrogen and oxygen atoms in total. The molecule has 2 aromatic heterocycles. The van der Waals surface area contributed by atoms with Gasteiger partial charge in [-0.2, -0.15) is 9.78 Å². The Morgan fingerprint density at radius 2 is 2.17 bits per heavy atom. The second-order valence-electron chi connectivity index (χ2n) is 6.16. The fourth-order valence-electron chi connectivity index (χ4n) is 2.69. The first-order chi connectivity index (χ1) is 14.0. The van der Waals surface area contributed by atoms with Crippen LogP contribution in [0.3, 0.4) is 0 Å². The normalized spacial score (nSPS) is 11.4. The van der Waals surface area contributed by atoms with E-state index in [9.17, 15) is 4.79 Å². The highest BCUT2D eigenvalue weighted by molar-refractivity contribution is 6.30. The van der Waals surface area contributed by atoms with E-state index in [0.717, 1.165) is 18.7 Å². The van der Waals surface area contributed by atoms with Crippen molar-refractivity contribution >= 4 is 29.5 Å². The zero-order chi connectivity index (χ0) is 20.8. The zero-order valence-corrected chi connectivity index (χ0v) is 16.7. The van der Waals surface area contributed by atoms with Gasteiger partial charge in [0.25, 0.3) is 5.91 Å². The quantitative estimate of drug-likeness (QED) is 0.347. The molecular formula is C17H21ClN9O2+. The minimum atomic E-state index is -0.508. The van der Waals surface area contributed by atoms with E-state index in [0.29, 0.717) is 17.3 Å². The summed E-state index contributed by atoms with van der Waals surface area (Å²) in [5.41, 5.74) is 9.64. The molecule has 0 saturated heterocycles. The van der Waals surface area contributed by atoms with Crippen LogP contribution < -0.4 is 16.1 Å². The number of hydrazone groups is 1. The number of hydrogen-bond acceptors (Lipinski definition) is 8.